The highest BCUT2D eigenvalue weighted by Crippen LogP contribution is 2.26. The number of hydrazone groups is 1. The van der Waals surface area contributed by atoms with Crippen LogP contribution in [0.3, 0.4) is 0 Å². The van der Waals surface area contributed by atoms with Crippen molar-refractivity contribution in [2.45, 2.75) is 40.0 Å². The van der Waals surface area contributed by atoms with Crippen LogP contribution in [0, 0.1) is 12.8 Å². The fourth-order valence-corrected chi connectivity index (χ4v) is 2.38. The molecular formula is C17H22ClN3O2. The monoisotopic (exact) mass is 335 g/mol. The lowest BCUT2D eigenvalue weighted by Gasteiger charge is -2.23. The van der Waals surface area contributed by atoms with Gasteiger partial charge in [-0.2, -0.15) is 5.10 Å². The number of hydrogen-bond donors (Lipinski definition) is 1. The third-order valence-corrected chi connectivity index (χ3v) is 4.11. The number of amides is 2. The first kappa shape index (κ1) is 17.5. The normalized spacial score (nSPS) is 14.9. The van der Waals surface area contributed by atoms with Crippen LogP contribution >= 0.6 is 11.6 Å². The van der Waals surface area contributed by atoms with E-state index < -0.39 is 0 Å². The number of carbonyl (C=O) groups is 2. The van der Waals surface area contributed by atoms with Crippen molar-refractivity contribution >= 4 is 34.8 Å². The predicted octanol–water partition coefficient (Wildman–Crippen LogP) is 3.29. The molecule has 0 fully saturated rings. The Hall–Kier alpha value is -1.88. The fraction of sp³-hybridized carbons (Fsp3) is 0.471. The van der Waals surface area contributed by atoms with Crippen LogP contribution in [0.2, 0.25) is 5.02 Å². The lowest BCUT2D eigenvalue weighted by molar-refractivity contribution is -0.118. The lowest BCUT2D eigenvalue weighted by Crippen LogP contribution is -2.39. The van der Waals surface area contributed by atoms with E-state index in [0.29, 0.717) is 35.3 Å². The van der Waals surface area contributed by atoms with Gasteiger partial charge in [-0.15, -0.1) is 0 Å². The topological polar surface area (TPSA) is 61.8 Å². The Bertz CT molecular complexity index is 641. The highest BCUT2D eigenvalue weighted by molar-refractivity contribution is 6.40. The number of nitrogens with one attached hydrogen (secondary N) is 1. The first-order chi connectivity index (χ1) is 10.9. The lowest BCUT2D eigenvalue weighted by atomic mass is 10.1. The summed E-state index contributed by atoms with van der Waals surface area (Å²) in [5.74, 6) is 0.182. The molecule has 23 heavy (non-hydrogen) atoms. The van der Waals surface area contributed by atoms with Crippen molar-refractivity contribution in [3.63, 3.8) is 0 Å². The summed E-state index contributed by atoms with van der Waals surface area (Å²) >= 11 is 6.11. The summed E-state index contributed by atoms with van der Waals surface area (Å²) in [6.45, 7) is 6.71. The first-order valence-electron chi connectivity index (χ1n) is 7.83. The number of aryl methyl sites for hydroxylation is 1. The summed E-state index contributed by atoms with van der Waals surface area (Å²) in [5.41, 5.74) is 1.89. The second-order valence-corrected chi connectivity index (χ2v) is 6.53. The fourth-order valence-electron chi connectivity index (χ4n) is 2.21. The Labute approximate surface area is 141 Å². The van der Waals surface area contributed by atoms with E-state index in [1.165, 1.54) is 5.01 Å². The van der Waals surface area contributed by atoms with Crippen molar-refractivity contribution in [2.75, 3.05) is 11.6 Å². The number of hydrogen-bond acceptors (Lipinski definition) is 3. The van der Waals surface area contributed by atoms with Crippen molar-refractivity contribution in [2.24, 2.45) is 11.0 Å². The maximum Gasteiger partial charge on any atom is 0.267 e. The molecule has 1 N–H and O–H groups in total. The molecule has 0 unspecified atom stereocenters. The first-order valence-corrected chi connectivity index (χ1v) is 8.21. The maximum atomic E-state index is 12.2. The Balaban J connectivity index is 2.14. The molecule has 1 aromatic rings. The molecule has 0 bridgehead atoms. The molecule has 1 aliphatic rings. The molecule has 1 aliphatic heterocycles. The average Bonchev–Trinajstić information content (AvgIpc) is 2.50. The Morgan fingerprint density at radius 1 is 1.39 bits per heavy atom. The Morgan fingerprint density at radius 2 is 2.13 bits per heavy atom. The molecule has 0 aromatic heterocycles. The molecule has 5 nitrogen and oxygen atoms in total. The zero-order chi connectivity index (χ0) is 17.0. The second kappa shape index (κ2) is 7.59. The van der Waals surface area contributed by atoms with Gasteiger partial charge in [-0.3, -0.25) is 9.59 Å². The molecule has 6 heteroatoms. The van der Waals surface area contributed by atoms with E-state index in [-0.39, 0.29) is 18.2 Å². The van der Waals surface area contributed by atoms with Crippen LogP contribution in [0.1, 0.15) is 38.7 Å². The van der Waals surface area contributed by atoms with E-state index in [1.54, 1.807) is 12.1 Å². The standard InChI is InChI=1S/C17H22ClN3O2/c1-11(2)8-9-19-17(23)15-6-7-16(22)21(20-15)13-5-4-12(3)14(18)10-13/h4-5,10-11H,6-9H2,1-3H3,(H,19,23). The zero-order valence-electron chi connectivity index (χ0n) is 13.7. The quantitative estimate of drug-likeness (QED) is 0.897. The van der Waals surface area contributed by atoms with Crippen LogP contribution in [-0.2, 0) is 9.59 Å². The van der Waals surface area contributed by atoms with Gasteiger partial charge in [0.1, 0.15) is 5.71 Å². The average molecular weight is 336 g/mol. The molecule has 0 radical (unpaired) electrons. The number of benzene rings is 1. The highest BCUT2D eigenvalue weighted by atomic mass is 35.5. The number of anilines is 1. The number of carbonyl (C=O) groups excluding carboxylic acids is 2. The van der Waals surface area contributed by atoms with Crippen LogP contribution < -0.4 is 10.3 Å². The van der Waals surface area contributed by atoms with E-state index in [2.05, 4.69) is 24.3 Å². The summed E-state index contributed by atoms with van der Waals surface area (Å²) in [5, 5.41) is 8.93. The van der Waals surface area contributed by atoms with Gasteiger partial charge in [-0.05, 0) is 37.0 Å². The van der Waals surface area contributed by atoms with Crippen LogP contribution in [0.4, 0.5) is 5.69 Å². The SMILES string of the molecule is Cc1ccc(N2N=C(C(=O)NCCC(C)C)CCC2=O)cc1Cl. The van der Waals surface area contributed by atoms with Crippen molar-refractivity contribution in [3.8, 4) is 0 Å². The van der Waals surface area contributed by atoms with Gasteiger partial charge in [0.2, 0.25) is 5.91 Å². The maximum absolute atomic E-state index is 12.2. The van der Waals surface area contributed by atoms with Crippen molar-refractivity contribution in [1.29, 1.82) is 0 Å². The van der Waals surface area contributed by atoms with Crippen LogP contribution in [0.5, 0.6) is 0 Å². The summed E-state index contributed by atoms with van der Waals surface area (Å²) in [6, 6.07) is 5.30. The van der Waals surface area contributed by atoms with Gasteiger partial charge in [0.05, 0.1) is 5.69 Å². The predicted molar refractivity (Wildman–Crippen MR) is 92.8 cm³/mol. The molecule has 0 atom stereocenters. The second-order valence-electron chi connectivity index (χ2n) is 6.12. The van der Waals surface area contributed by atoms with E-state index in [9.17, 15) is 9.59 Å². The highest BCUT2D eigenvalue weighted by Gasteiger charge is 2.25. The molecule has 1 heterocycles. The molecule has 2 rings (SSSR count). The van der Waals surface area contributed by atoms with Gasteiger partial charge in [0.15, 0.2) is 0 Å². The third-order valence-electron chi connectivity index (χ3n) is 3.70. The molecular weight excluding hydrogens is 314 g/mol. The molecule has 2 amide bonds. The molecule has 1 aromatic carbocycles. The van der Waals surface area contributed by atoms with Gasteiger partial charge in [-0.1, -0.05) is 31.5 Å². The molecule has 0 spiro atoms. The molecule has 0 saturated heterocycles. The van der Waals surface area contributed by atoms with Crippen molar-refractivity contribution in [1.82, 2.24) is 5.32 Å². The molecule has 0 saturated carbocycles. The number of halogens is 1. The summed E-state index contributed by atoms with van der Waals surface area (Å²) < 4.78 is 0. The Kier molecular flexibility index (Phi) is 5.77. The van der Waals surface area contributed by atoms with Crippen molar-refractivity contribution < 1.29 is 9.59 Å². The third kappa shape index (κ3) is 4.55. The van der Waals surface area contributed by atoms with E-state index in [4.69, 9.17) is 11.6 Å². The summed E-state index contributed by atoms with van der Waals surface area (Å²) in [7, 11) is 0. The molecule has 124 valence electrons. The molecule has 0 aliphatic carbocycles. The number of rotatable bonds is 5. The smallest absolute Gasteiger partial charge is 0.267 e. The van der Waals surface area contributed by atoms with Gasteiger partial charge >= 0.3 is 0 Å². The van der Waals surface area contributed by atoms with Crippen LogP contribution in [-0.4, -0.2) is 24.1 Å². The van der Waals surface area contributed by atoms with Gasteiger partial charge in [-0.25, -0.2) is 5.01 Å². The van der Waals surface area contributed by atoms with E-state index in [0.717, 1.165) is 12.0 Å². The van der Waals surface area contributed by atoms with Crippen molar-refractivity contribution in [3.05, 3.63) is 28.8 Å². The summed E-state index contributed by atoms with van der Waals surface area (Å²) in [6.07, 6.45) is 1.54. The minimum Gasteiger partial charge on any atom is -0.351 e. The van der Waals surface area contributed by atoms with E-state index in [1.807, 2.05) is 13.0 Å². The number of nitrogens with zero attached hydrogens (tertiary/aromatic N) is 2. The Morgan fingerprint density at radius 3 is 2.78 bits per heavy atom. The zero-order valence-corrected chi connectivity index (χ0v) is 14.5. The van der Waals surface area contributed by atoms with E-state index >= 15 is 0 Å². The largest absolute Gasteiger partial charge is 0.351 e. The van der Waals surface area contributed by atoms with Crippen LogP contribution in [0.15, 0.2) is 23.3 Å². The van der Waals surface area contributed by atoms with Gasteiger partial charge in [0.25, 0.3) is 5.91 Å². The van der Waals surface area contributed by atoms with Crippen LogP contribution in [0.25, 0.3) is 0 Å². The van der Waals surface area contributed by atoms with Gasteiger partial charge in [0, 0.05) is 24.4 Å². The summed E-state index contributed by atoms with van der Waals surface area (Å²) in [4.78, 5) is 24.3. The minimum absolute atomic E-state index is 0.136. The van der Waals surface area contributed by atoms with Gasteiger partial charge < -0.3 is 5.32 Å². The minimum atomic E-state index is -0.207.